The monoisotopic (exact) mass is 409 g/mol. The Kier molecular flexibility index (Phi) is 5.00. The van der Waals surface area contributed by atoms with Gasteiger partial charge in [-0.15, -0.1) is 0 Å². The summed E-state index contributed by atoms with van der Waals surface area (Å²) in [6.07, 6.45) is 3.66. The fourth-order valence-electron chi connectivity index (χ4n) is 4.16. The van der Waals surface area contributed by atoms with Crippen LogP contribution in [0.1, 0.15) is 22.3 Å². The zero-order valence-electron chi connectivity index (χ0n) is 17.3. The van der Waals surface area contributed by atoms with Gasteiger partial charge in [0.1, 0.15) is 11.6 Å². The predicted octanol–water partition coefficient (Wildman–Crippen LogP) is 5.58. The lowest BCUT2D eigenvalue weighted by atomic mass is 9.99. The molecule has 0 aliphatic carbocycles. The van der Waals surface area contributed by atoms with Crippen LogP contribution in [0.5, 0.6) is 5.75 Å². The number of nitrogens with zero attached hydrogens (tertiary/aromatic N) is 2. The number of aromatic nitrogens is 1. The van der Waals surface area contributed by atoms with E-state index in [0.29, 0.717) is 5.56 Å². The van der Waals surface area contributed by atoms with Crippen molar-refractivity contribution < 1.29 is 9.53 Å². The Labute approximate surface area is 181 Å². The molecular weight excluding hydrogens is 386 g/mol. The van der Waals surface area contributed by atoms with Crippen LogP contribution in [0.3, 0.4) is 0 Å². The third-order valence-electron chi connectivity index (χ3n) is 5.73. The Morgan fingerprint density at radius 2 is 1.71 bits per heavy atom. The highest BCUT2D eigenvalue weighted by Crippen LogP contribution is 2.32. The summed E-state index contributed by atoms with van der Waals surface area (Å²) in [5.41, 5.74) is 3.75. The normalized spacial score (nSPS) is 13.0. The number of aryl methyl sites for hydroxylation is 1. The summed E-state index contributed by atoms with van der Waals surface area (Å²) in [6, 6.07) is 23.7. The smallest absolute Gasteiger partial charge is 0.260 e. The molecule has 1 N–H and O–H groups in total. The standard InChI is InChI=1S/C26H23N3O2/c1-31-20-14-12-19(13-15-20)28-25-22-10-4-3-9-21(22)23(17-27-25)26(30)29-16-6-8-18-7-2-5-11-24(18)29/h2-5,7,9-15,17H,6,8,16H2,1H3,(H,27,28). The average Bonchev–Trinajstić information content (AvgIpc) is 2.84. The highest BCUT2D eigenvalue weighted by atomic mass is 16.5. The molecule has 4 aromatic rings. The first-order valence-corrected chi connectivity index (χ1v) is 10.4. The van der Waals surface area contributed by atoms with E-state index >= 15 is 0 Å². The van der Waals surface area contributed by atoms with Crippen molar-refractivity contribution in [2.45, 2.75) is 12.8 Å². The Bertz CT molecular complexity index is 1250. The maximum absolute atomic E-state index is 13.6. The van der Waals surface area contributed by atoms with E-state index in [9.17, 15) is 4.79 Å². The number of carbonyl (C=O) groups excluding carboxylic acids is 1. The number of hydrogen-bond acceptors (Lipinski definition) is 4. The SMILES string of the molecule is COc1ccc(Nc2ncc(C(=O)N3CCCc4ccccc43)c3ccccc23)cc1. The van der Waals surface area contributed by atoms with Crippen LogP contribution in [0, 0.1) is 0 Å². The second-order valence-electron chi connectivity index (χ2n) is 7.61. The fraction of sp³-hybridized carbons (Fsp3) is 0.154. The fourth-order valence-corrected chi connectivity index (χ4v) is 4.16. The molecule has 5 heteroatoms. The minimum absolute atomic E-state index is 0.00755. The Morgan fingerprint density at radius 3 is 2.52 bits per heavy atom. The van der Waals surface area contributed by atoms with Crippen molar-refractivity contribution in [1.82, 2.24) is 4.98 Å². The lowest BCUT2D eigenvalue weighted by Gasteiger charge is -2.29. The highest BCUT2D eigenvalue weighted by Gasteiger charge is 2.25. The molecule has 5 rings (SSSR count). The summed E-state index contributed by atoms with van der Waals surface area (Å²) in [5, 5.41) is 5.17. The van der Waals surface area contributed by atoms with Crippen LogP contribution >= 0.6 is 0 Å². The molecule has 1 amide bonds. The predicted molar refractivity (Wildman–Crippen MR) is 124 cm³/mol. The number of benzene rings is 3. The van der Waals surface area contributed by atoms with Gasteiger partial charge in [0.15, 0.2) is 0 Å². The Morgan fingerprint density at radius 1 is 0.968 bits per heavy atom. The number of amides is 1. The first-order valence-electron chi connectivity index (χ1n) is 10.4. The van der Waals surface area contributed by atoms with Crippen LogP contribution in [0.25, 0.3) is 10.8 Å². The molecule has 0 saturated carbocycles. The molecule has 154 valence electrons. The van der Waals surface area contributed by atoms with Gasteiger partial charge in [-0.3, -0.25) is 4.79 Å². The average molecular weight is 409 g/mol. The minimum Gasteiger partial charge on any atom is -0.497 e. The lowest BCUT2D eigenvalue weighted by Crippen LogP contribution is -2.35. The molecular formula is C26H23N3O2. The number of rotatable bonds is 4. The van der Waals surface area contributed by atoms with Gasteiger partial charge in [0.2, 0.25) is 0 Å². The van der Waals surface area contributed by atoms with E-state index in [1.165, 1.54) is 5.56 Å². The summed E-state index contributed by atoms with van der Waals surface area (Å²) in [4.78, 5) is 20.1. The van der Waals surface area contributed by atoms with Gasteiger partial charge in [-0.1, -0.05) is 42.5 Å². The summed E-state index contributed by atoms with van der Waals surface area (Å²) >= 11 is 0. The number of fused-ring (bicyclic) bond motifs is 2. The Balaban J connectivity index is 1.52. The van der Waals surface area contributed by atoms with Gasteiger partial charge >= 0.3 is 0 Å². The number of hydrogen-bond donors (Lipinski definition) is 1. The van der Waals surface area contributed by atoms with Gasteiger partial charge in [0, 0.05) is 29.5 Å². The van der Waals surface area contributed by atoms with E-state index in [4.69, 9.17) is 4.74 Å². The molecule has 2 heterocycles. The van der Waals surface area contributed by atoms with Crippen molar-refractivity contribution in [3.05, 3.63) is 90.1 Å². The largest absolute Gasteiger partial charge is 0.497 e. The van der Waals surface area contributed by atoms with Crippen molar-refractivity contribution >= 4 is 33.9 Å². The zero-order valence-corrected chi connectivity index (χ0v) is 17.3. The number of anilines is 3. The van der Waals surface area contributed by atoms with Crippen LogP contribution in [0.15, 0.2) is 79.0 Å². The molecule has 0 spiro atoms. The van der Waals surface area contributed by atoms with Crippen LogP contribution < -0.4 is 15.0 Å². The molecule has 0 bridgehead atoms. The number of nitrogens with one attached hydrogen (secondary N) is 1. The van der Waals surface area contributed by atoms with Gasteiger partial charge in [0.05, 0.1) is 12.7 Å². The first kappa shape index (κ1) is 19.1. The molecule has 1 aromatic heterocycles. The van der Waals surface area contributed by atoms with Gasteiger partial charge < -0.3 is 15.0 Å². The van der Waals surface area contributed by atoms with Crippen LogP contribution in [0.2, 0.25) is 0 Å². The molecule has 0 radical (unpaired) electrons. The number of methoxy groups -OCH3 is 1. The third-order valence-corrected chi connectivity index (χ3v) is 5.73. The molecule has 31 heavy (non-hydrogen) atoms. The van der Waals surface area contributed by atoms with Gasteiger partial charge in [-0.2, -0.15) is 0 Å². The van der Waals surface area contributed by atoms with Crippen LogP contribution in [0.4, 0.5) is 17.2 Å². The van der Waals surface area contributed by atoms with E-state index in [1.807, 2.05) is 71.6 Å². The second-order valence-corrected chi connectivity index (χ2v) is 7.61. The summed E-state index contributed by atoms with van der Waals surface area (Å²) in [5.74, 6) is 1.51. The molecule has 0 unspecified atom stereocenters. The number of ether oxygens (including phenoxy) is 1. The number of carbonyl (C=O) groups is 1. The van der Waals surface area contributed by atoms with E-state index < -0.39 is 0 Å². The van der Waals surface area contributed by atoms with Crippen LogP contribution in [-0.2, 0) is 6.42 Å². The third kappa shape index (κ3) is 3.59. The van der Waals surface area contributed by atoms with Gasteiger partial charge in [0.25, 0.3) is 5.91 Å². The van der Waals surface area contributed by atoms with Crippen molar-refractivity contribution in [1.29, 1.82) is 0 Å². The summed E-state index contributed by atoms with van der Waals surface area (Å²) in [6.45, 7) is 0.718. The quantitative estimate of drug-likeness (QED) is 0.478. The number of pyridine rings is 1. The summed E-state index contributed by atoms with van der Waals surface area (Å²) < 4.78 is 5.23. The minimum atomic E-state index is -0.00755. The van der Waals surface area contributed by atoms with E-state index in [-0.39, 0.29) is 5.91 Å². The second kappa shape index (κ2) is 8.11. The summed E-state index contributed by atoms with van der Waals surface area (Å²) in [7, 11) is 1.65. The molecule has 0 fully saturated rings. The molecule has 1 aliphatic rings. The molecule has 1 aliphatic heterocycles. The van der Waals surface area contributed by atoms with Gasteiger partial charge in [-0.25, -0.2) is 4.98 Å². The zero-order chi connectivity index (χ0) is 21.2. The molecule has 3 aromatic carbocycles. The van der Waals surface area contributed by atoms with Crippen LogP contribution in [-0.4, -0.2) is 24.5 Å². The maximum atomic E-state index is 13.6. The van der Waals surface area contributed by atoms with Crippen molar-refractivity contribution in [2.75, 3.05) is 23.9 Å². The Hall–Kier alpha value is -3.86. The van der Waals surface area contributed by atoms with Gasteiger partial charge in [-0.05, 0) is 54.1 Å². The topological polar surface area (TPSA) is 54.5 Å². The van der Waals surface area contributed by atoms with Crippen molar-refractivity contribution in [2.24, 2.45) is 0 Å². The molecule has 5 nitrogen and oxygen atoms in total. The first-order chi connectivity index (χ1) is 15.2. The highest BCUT2D eigenvalue weighted by molar-refractivity contribution is 6.15. The number of para-hydroxylation sites is 1. The lowest BCUT2D eigenvalue weighted by molar-refractivity contribution is 0.0986. The maximum Gasteiger partial charge on any atom is 0.260 e. The molecule has 0 atom stereocenters. The molecule has 0 saturated heterocycles. The van der Waals surface area contributed by atoms with Crippen molar-refractivity contribution in [3.8, 4) is 5.75 Å². The van der Waals surface area contributed by atoms with E-state index in [1.54, 1.807) is 13.3 Å². The van der Waals surface area contributed by atoms with E-state index in [2.05, 4.69) is 16.4 Å². The van der Waals surface area contributed by atoms with E-state index in [0.717, 1.165) is 53.1 Å². The van der Waals surface area contributed by atoms with Crippen molar-refractivity contribution in [3.63, 3.8) is 0 Å².